The molecular weight excluding hydrogens is 218 g/mol. The van der Waals surface area contributed by atoms with Crippen LogP contribution in [-0.2, 0) is 11.2 Å². The van der Waals surface area contributed by atoms with Crippen molar-refractivity contribution < 1.29 is 9.72 Å². The number of nitrogens with zero attached hydrogens (tertiary/aromatic N) is 1. The van der Waals surface area contributed by atoms with E-state index in [1.54, 1.807) is 0 Å². The van der Waals surface area contributed by atoms with E-state index in [2.05, 4.69) is 0 Å². The van der Waals surface area contributed by atoms with E-state index in [-0.39, 0.29) is 23.0 Å². The van der Waals surface area contributed by atoms with E-state index in [9.17, 15) is 14.9 Å². The molecule has 0 radical (unpaired) electrons. The Labute approximate surface area is 99.8 Å². The van der Waals surface area contributed by atoms with Crippen molar-refractivity contribution in [3.05, 3.63) is 46.0 Å². The van der Waals surface area contributed by atoms with Gasteiger partial charge in [-0.25, -0.2) is 0 Å². The Morgan fingerprint density at radius 3 is 2.53 bits per heavy atom. The third kappa shape index (κ3) is 3.37. The van der Waals surface area contributed by atoms with Gasteiger partial charge in [-0.1, -0.05) is 30.3 Å². The van der Waals surface area contributed by atoms with Crippen LogP contribution in [0.25, 0.3) is 0 Å². The lowest BCUT2D eigenvalue weighted by atomic mass is 10.0. The van der Waals surface area contributed by atoms with Crippen LogP contribution in [0, 0.1) is 16.0 Å². The second-order valence-electron chi connectivity index (χ2n) is 4.57. The predicted octanol–water partition coefficient (Wildman–Crippen LogP) is 2.24. The van der Waals surface area contributed by atoms with Crippen molar-refractivity contribution in [1.29, 1.82) is 0 Å². The Balaban J connectivity index is 1.97. The van der Waals surface area contributed by atoms with Crippen molar-refractivity contribution in [2.45, 2.75) is 31.7 Å². The number of Topliss-reactive ketones (excluding diaryl/α,β-unsaturated/α-hetero) is 1. The molecule has 1 fully saturated rings. The molecule has 0 aromatic heterocycles. The lowest BCUT2D eigenvalue weighted by molar-refractivity contribution is -0.520. The molecule has 1 atom stereocenters. The van der Waals surface area contributed by atoms with Crippen molar-refractivity contribution in [3.63, 3.8) is 0 Å². The van der Waals surface area contributed by atoms with Crippen LogP contribution in [-0.4, -0.2) is 16.7 Å². The van der Waals surface area contributed by atoms with Gasteiger partial charge in [-0.3, -0.25) is 14.9 Å². The minimum absolute atomic E-state index is 0.0580. The SMILES string of the molecule is O=C(CC(Cc1ccccc1)[N+](=O)[O-])C1CC1. The quantitative estimate of drug-likeness (QED) is 0.559. The molecular formula is C13H15NO3. The van der Waals surface area contributed by atoms with Gasteiger partial charge >= 0.3 is 0 Å². The third-order valence-corrected chi connectivity index (χ3v) is 3.08. The highest BCUT2D eigenvalue weighted by atomic mass is 16.6. The monoisotopic (exact) mass is 233 g/mol. The van der Waals surface area contributed by atoms with Gasteiger partial charge in [0.25, 0.3) is 0 Å². The van der Waals surface area contributed by atoms with Gasteiger partial charge in [0.05, 0.1) is 6.42 Å². The molecule has 1 saturated carbocycles. The molecule has 0 aliphatic heterocycles. The van der Waals surface area contributed by atoms with Crippen LogP contribution in [0.2, 0.25) is 0 Å². The first-order valence-corrected chi connectivity index (χ1v) is 5.87. The molecule has 1 aliphatic rings. The molecule has 0 amide bonds. The van der Waals surface area contributed by atoms with Gasteiger partial charge in [0.15, 0.2) is 0 Å². The molecule has 4 heteroatoms. The summed E-state index contributed by atoms with van der Waals surface area (Å²) < 4.78 is 0. The second-order valence-corrected chi connectivity index (χ2v) is 4.57. The fraction of sp³-hybridized carbons (Fsp3) is 0.462. The summed E-state index contributed by atoms with van der Waals surface area (Å²) in [7, 11) is 0. The Hall–Kier alpha value is -1.71. The van der Waals surface area contributed by atoms with Gasteiger partial charge in [-0.15, -0.1) is 0 Å². The van der Waals surface area contributed by atoms with Crippen LogP contribution < -0.4 is 0 Å². The largest absolute Gasteiger partial charge is 0.299 e. The maximum atomic E-state index is 11.6. The number of hydrogen-bond donors (Lipinski definition) is 0. The van der Waals surface area contributed by atoms with Gasteiger partial charge < -0.3 is 0 Å². The minimum atomic E-state index is -0.773. The van der Waals surface area contributed by atoms with Gasteiger partial charge in [0.1, 0.15) is 5.78 Å². The Kier molecular flexibility index (Phi) is 3.52. The Morgan fingerprint density at radius 1 is 1.35 bits per heavy atom. The second kappa shape index (κ2) is 5.08. The number of rotatable bonds is 6. The van der Waals surface area contributed by atoms with Crippen molar-refractivity contribution in [2.75, 3.05) is 0 Å². The molecule has 1 unspecified atom stereocenters. The maximum absolute atomic E-state index is 11.6. The van der Waals surface area contributed by atoms with Gasteiger partial charge in [0.2, 0.25) is 6.04 Å². The molecule has 0 spiro atoms. The topological polar surface area (TPSA) is 60.2 Å². The molecule has 1 aliphatic carbocycles. The van der Waals surface area contributed by atoms with Crippen molar-refractivity contribution >= 4 is 5.78 Å². The summed E-state index contributed by atoms with van der Waals surface area (Å²) in [5.74, 6) is 0.163. The molecule has 1 aromatic carbocycles. The summed E-state index contributed by atoms with van der Waals surface area (Å²) in [4.78, 5) is 22.2. The fourth-order valence-electron chi connectivity index (χ4n) is 1.91. The summed E-state index contributed by atoms with van der Waals surface area (Å²) in [5.41, 5.74) is 0.915. The average molecular weight is 233 g/mol. The normalized spacial score (nSPS) is 16.5. The zero-order valence-electron chi connectivity index (χ0n) is 9.54. The van der Waals surface area contributed by atoms with Gasteiger partial charge in [-0.05, 0) is 18.4 Å². The number of hydrogen-bond acceptors (Lipinski definition) is 3. The standard InChI is InChI=1S/C13H15NO3/c15-13(11-6-7-11)9-12(14(16)17)8-10-4-2-1-3-5-10/h1-5,11-12H,6-9H2. The van der Waals surface area contributed by atoms with E-state index < -0.39 is 6.04 Å². The van der Waals surface area contributed by atoms with E-state index in [0.29, 0.717) is 6.42 Å². The predicted molar refractivity (Wildman–Crippen MR) is 63.3 cm³/mol. The maximum Gasteiger partial charge on any atom is 0.224 e. The number of nitro groups is 1. The van der Waals surface area contributed by atoms with Crippen LogP contribution in [0.4, 0.5) is 0 Å². The molecule has 0 heterocycles. The van der Waals surface area contributed by atoms with Crippen LogP contribution >= 0.6 is 0 Å². The van der Waals surface area contributed by atoms with Gasteiger partial charge in [0, 0.05) is 17.3 Å². The molecule has 1 aromatic rings. The third-order valence-electron chi connectivity index (χ3n) is 3.08. The van der Waals surface area contributed by atoms with Crippen LogP contribution in [0.3, 0.4) is 0 Å². The average Bonchev–Trinajstić information content (AvgIpc) is 3.13. The van der Waals surface area contributed by atoms with E-state index in [1.807, 2.05) is 30.3 Å². The van der Waals surface area contributed by atoms with Crippen LogP contribution in [0.5, 0.6) is 0 Å². The summed E-state index contributed by atoms with van der Waals surface area (Å²) in [5, 5.41) is 10.9. The number of ketones is 1. The highest BCUT2D eigenvalue weighted by molar-refractivity contribution is 5.83. The minimum Gasteiger partial charge on any atom is -0.299 e. The highest BCUT2D eigenvalue weighted by Crippen LogP contribution is 2.31. The van der Waals surface area contributed by atoms with E-state index in [1.165, 1.54) is 0 Å². The first-order valence-electron chi connectivity index (χ1n) is 5.87. The van der Waals surface area contributed by atoms with Crippen LogP contribution in [0.1, 0.15) is 24.8 Å². The van der Waals surface area contributed by atoms with E-state index in [4.69, 9.17) is 0 Å². The van der Waals surface area contributed by atoms with E-state index in [0.717, 1.165) is 18.4 Å². The molecule has 90 valence electrons. The Bertz CT molecular complexity index is 412. The molecule has 0 N–H and O–H groups in total. The summed E-state index contributed by atoms with van der Waals surface area (Å²) in [6, 6.07) is 8.53. The fourth-order valence-corrected chi connectivity index (χ4v) is 1.91. The number of carbonyl (C=O) groups excluding carboxylic acids is 1. The zero-order valence-corrected chi connectivity index (χ0v) is 9.54. The number of carbonyl (C=O) groups is 1. The number of benzene rings is 1. The van der Waals surface area contributed by atoms with Crippen molar-refractivity contribution in [2.24, 2.45) is 5.92 Å². The lowest BCUT2D eigenvalue weighted by Gasteiger charge is -2.08. The molecule has 4 nitrogen and oxygen atoms in total. The van der Waals surface area contributed by atoms with E-state index >= 15 is 0 Å². The molecule has 17 heavy (non-hydrogen) atoms. The molecule has 0 saturated heterocycles. The summed E-state index contributed by atoms with van der Waals surface area (Å²) in [6.45, 7) is 0. The highest BCUT2D eigenvalue weighted by Gasteiger charge is 2.34. The smallest absolute Gasteiger partial charge is 0.224 e. The Morgan fingerprint density at radius 2 is 2.00 bits per heavy atom. The molecule has 0 bridgehead atoms. The lowest BCUT2D eigenvalue weighted by Crippen LogP contribution is -2.26. The van der Waals surface area contributed by atoms with Crippen molar-refractivity contribution in [3.8, 4) is 0 Å². The zero-order chi connectivity index (χ0) is 12.3. The van der Waals surface area contributed by atoms with Gasteiger partial charge in [-0.2, -0.15) is 0 Å². The summed E-state index contributed by atoms with van der Waals surface area (Å²) >= 11 is 0. The van der Waals surface area contributed by atoms with Crippen molar-refractivity contribution in [1.82, 2.24) is 0 Å². The first kappa shape index (κ1) is 11.8. The first-order chi connectivity index (χ1) is 8.16. The molecule has 2 rings (SSSR count). The summed E-state index contributed by atoms with van der Waals surface area (Å²) in [6.07, 6.45) is 2.24. The van der Waals surface area contributed by atoms with Crippen LogP contribution in [0.15, 0.2) is 30.3 Å².